The summed E-state index contributed by atoms with van der Waals surface area (Å²) < 4.78 is 13.4. The van der Waals surface area contributed by atoms with Crippen LogP contribution in [0.4, 0.5) is 4.39 Å². The second kappa shape index (κ2) is 5.10. The normalized spacial score (nSPS) is 10.2. The van der Waals surface area contributed by atoms with Crippen molar-refractivity contribution in [2.45, 2.75) is 6.54 Å². The number of carbonyl (C=O) groups is 1. The molecular formula is C13H12FNOS. The Labute approximate surface area is 103 Å². The lowest BCUT2D eigenvalue weighted by Crippen LogP contribution is -2.26. The molecule has 2 nitrogen and oxygen atoms in total. The van der Waals surface area contributed by atoms with E-state index in [4.69, 9.17) is 0 Å². The summed E-state index contributed by atoms with van der Waals surface area (Å²) in [6.45, 7) is 0.497. The van der Waals surface area contributed by atoms with E-state index in [0.29, 0.717) is 6.54 Å². The second-order valence-corrected chi connectivity index (χ2v) is 4.55. The fraction of sp³-hybridized carbons (Fsp3) is 0.154. The number of benzene rings is 1. The van der Waals surface area contributed by atoms with Crippen LogP contribution < -0.4 is 0 Å². The summed E-state index contributed by atoms with van der Waals surface area (Å²) in [5.41, 5.74) is 1.17. The Morgan fingerprint density at radius 2 is 2.12 bits per heavy atom. The van der Waals surface area contributed by atoms with Gasteiger partial charge in [-0.25, -0.2) is 4.39 Å². The molecule has 0 saturated heterocycles. The molecule has 1 amide bonds. The molecule has 0 atom stereocenters. The number of thiophene rings is 1. The third-order valence-electron chi connectivity index (χ3n) is 2.45. The quantitative estimate of drug-likeness (QED) is 0.818. The average Bonchev–Trinajstić information content (AvgIpc) is 2.81. The first kappa shape index (κ1) is 11.8. The van der Waals surface area contributed by atoms with Crippen molar-refractivity contribution >= 4 is 17.2 Å². The van der Waals surface area contributed by atoms with Gasteiger partial charge in [-0.3, -0.25) is 4.79 Å². The van der Waals surface area contributed by atoms with Crippen molar-refractivity contribution in [1.82, 2.24) is 4.90 Å². The van der Waals surface area contributed by atoms with E-state index in [1.54, 1.807) is 30.5 Å². The zero-order valence-corrected chi connectivity index (χ0v) is 10.2. The van der Waals surface area contributed by atoms with Gasteiger partial charge < -0.3 is 4.90 Å². The SMILES string of the molecule is CN(Cc1ccsc1)C(=O)c1ccccc1F. The molecule has 0 aliphatic heterocycles. The zero-order valence-electron chi connectivity index (χ0n) is 9.39. The lowest BCUT2D eigenvalue weighted by Gasteiger charge is -2.16. The maximum atomic E-state index is 13.4. The van der Waals surface area contributed by atoms with Crippen LogP contribution >= 0.6 is 11.3 Å². The van der Waals surface area contributed by atoms with Gasteiger partial charge in [0.25, 0.3) is 5.91 Å². The zero-order chi connectivity index (χ0) is 12.3. The van der Waals surface area contributed by atoms with Crippen LogP contribution in [0, 0.1) is 5.82 Å². The first-order chi connectivity index (χ1) is 8.18. The summed E-state index contributed by atoms with van der Waals surface area (Å²) in [6, 6.07) is 7.99. The van der Waals surface area contributed by atoms with Crippen molar-refractivity contribution in [2.75, 3.05) is 7.05 Å². The molecule has 2 aromatic rings. The Morgan fingerprint density at radius 1 is 1.35 bits per heavy atom. The van der Waals surface area contributed by atoms with Crippen LogP contribution in [-0.2, 0) is 6.54 Å². The molecule has 1 aromatic heterocycles. The monoisotopic (exact) mass is 249 g/mol. The van der Waals surface area contributed by atoms with E-state index in [2.05, 4.69) is 0 Å². The molecule has 17 heavy (non-hydrogen) atoms. The highest BCUT2D eigenvalue weighted by atomic mass is 32.1. The van der Waals surface area contributed by atoms with Crippen LogP contribution in [-0.4, -0.2) is 17.9 Å². The van der Waals surface area contributed by atoms with Gasteiger partial charge in [0.05, 0.1) is 5.56 Å². The summed E-state index contributed by atoms with van der Waals surface area (Å²) in [5, 5.41) is 3.93. The summed E-state index contributed by atoms with van der Waals surface area (Å²) in [7, 11) is 1.67. The molecule has 2 rings (SSSR count). The predicted molar refractivity (Wildman–Crippen MR) is 66.5 cm³/mol. The molecule has 0 spiro atoms. The fourth-order valence-electron chi connectivity index (χ4n) is 1.57. The Bertz CT molecular complexity index is 510. The minimum atomic E-state index is -0.477. The van der Waals surface area contributed by atoms with Crippen molar-refractivity contribution in [1.29, 1.82) is 0 Å². The lowest BCUT2D eigenvalue weighted by atomic mass is 10.2. The first-order valence-electron chi connectivity index (χ1n) is 5.19. The van der Waals surface area contributed by atoms with Gasteiger partial charge in [0.1, 0.15) is 5.82 Å². The summed E-state index contributed by atoms with van der Waals surface area (Å²) >= 11 is 1.58. The Kier molecular flexibility index (Phi) is 3.54. The predicted octanol–water partition coefficient (Wildman–Crippen LogP) is 3.16. The molecule has 88 valence electrons. The number of halogens is 1. The van der Waals surface area contributed by atoms with Crippen LogP contribution in [0.25, 0.3) is 0 Å². The van der Waals surface area contributed by atoms with E-state index < -0.39 is 5.82 Å². The van der Waals surface area contributed by atoms with Crippen molar-refractivity contribution in [3.8, 4) is 0 Å². The van der Waals surface area contributed by atoms with E-state index in [9.17, 15) is 9.18 Å². The van der Waals surface area contributed by atoms with Crippen LogP contribution in [0.5, 0.6) is 0 Å². The van der Waals surface area contributed by atoms with E-state index >= 15 is 0 Å². The van der Waals surface area contributed by atoms with Crippen molar-refractivity contribution in [3.05, 3.63) is 58.0 Å². The Hall–Kier alpha value is -1.68. The fourth-order valence-corrected chi connectivity index (χ4v) is 2.23. The smallest absolute Gasteiger partial charge is 0.256 e. The number of rotatable bonds is 3. The summed E-state index contributed by atoms with van der Waals surface area (Å²) in [5.74, 6) is -0.774. The summed E-state index contributed by atoms with van der Waals surface area (Å²) in [6.07, 6.45) is 0. The molecule has 0 unspecified atom stereocenters. The highest BCUT2D eigenvalue weighted by Gasteiger charge is 2.15. The molecular weight excluding hydrogens is 237 g/mol. The highest BCUT2D eigenvalue weighted by molar-refractivity contribution is 7.07. The molecule has 4 heteroatoms. The number of carbonyl (C=O) groups excluding carboxylic acids is 1. The molecule has 0 N–H and O–H groups in total. The topological polar surface area (TPSA) is 20.3 Å². The van der Waals surface area contributed by atoms with E-state index in [0.717, 1.165) is 5.56 Å². The van der Waals surface area contributed by atoms with Crippen LogP contribution in [0.3, 0.4) is 0 Å². The second-order valence-electron chi connectivity index (χ2n) is 3.77. The minimum absolute atomic E-state index is 0.116. The molecule has 0 fully saturated rings. The van der Waals surface area contributed by atoms with Crippen LogP contribution in [0.2, 0.25) is 0 Å². The number of hydrogen-bond donors (Lipinski definition) is 0. The van der Waals surface area contributed by atoms with Crippen LogP contribution in [0.1, 0.15) is 15.9 Å². The first-order valence-corrected chi connectivity index (χ1v) is 6.14. The maximum absolute atomic E-state index is 13.4. The van der Waals surface area contributed by atoms with Gasteiger partial charge in [0.15, 0.2) is 0 Å². The van der Waals surface area contributed by atoms with Gasteiger partial charge in [0, 0.05) is 13.6 Å². The van der Waals surface area contributed by atoms with Gasteiger partial charge >= 0.3 is 0 Å². The molecule has 0 saturated carbocycles. The largest absolute Gasteiger partial charge is 0.337 e. The highest BCUT2D eigenvalue weighted by Crippen LogP contribution is 2.13. The minimum Gasteiger partial charge on any atom is -0.337 e. The molecule has 1 heterocycles. The van der Waals surface area contributed by atoms with E-state index in [1.165, 1.54) is 17.0 Å². The van der Waals surface area contributed by atoms with Crippen LogP contribution in [0.15, 0.2) is 41.1 Å². The summed E-state index contributed by atoms with van der Waals surface area (Å²) in [4.78, 5) is 13.5. The maximum Gasteiger partial charge on any atom is 0.256 e. The third kappa shape index (κ3) is 2.71. The molecule has 0 aliphatic rings. The van der Waals surface area contributed by atoms with Gasteiger partial charge in [-0.1, -0.05) is 12.1 Å². The van der Waals surface area contributed by atoms with Crippen molar-refractivity contribution < 1.29 is 9.18 Å². The van der Waals surface area contributed by atoms with E-state index in [1.807, 2.05) is 16.8 Å². The standard InChI is InChI=1S/C13H12FNOS/c1-15(8-10-6-7-17-9-10)13(16)11-4-2-3-5-12(11)14/h2-7,9H,8H2,1H3. The van der Waals surface area contributed by atoms with Crippen molar-refractivity contribution in [2.24, 2.45) is 0 Å². The van der Waals surface area contributed by atoms with E-state index in [-0.39, 0.29) is 11.5 Å². The number of hydrogen-bond acceptors (Lipinski definition) is 2. The Morgan fingerprint density at radius 3 is 2.76 bits per heavy atom. The van der Waals surface area contributed by atoms with Gasteiger partial charge in [-0.2, -0.15) is 11.3 Å². The molecule has 0 aliphatic carbocycles. The lowest BCUT2D eigenvalue weighted by molar-refractivity contribution is 0.0780. The van der Waals surface area contributed by atoms with Gasteiger partial charge in [-0.05, 0) is 34.5 Å². The van der Waals surface area contributed by atoms with Gasteiger partial charge in [0.2, 0.25) is 0 Å². The Balaban J connectivity index is 2.13. The number of amides is 1. The number of nitrogens with zero attached hydrogens (tertiary/aromatic N) is 1. The van der Waals surface area contributed by atoms with Gasteiger partial charge in [-0.15, -0.1) is 0 Å². The molecule has 0 radical (unpaired) electrons. The van der Waals surface area contributed by atoms with Crippen molar-refractivity contribution in [3.63, 3.8) is 0 Å². The third-order valence-corrected chi connectivity index (χ3v) is 3.18. The average molecular weight is 249 g/mol. The molecule has 1 aromatic carbocycles. The molecule has 0 bridgehead atoms.